The lowest BCUT2D eigenvalue weighted by atomic mass is 10.2. The van der Waals surface area contributed by atoms with Gasteiger partial charge in [0, 0.05) is 31.9 Å². The van der Waals surface area contributed by atoms with Crippen molar-refractivity contribution < 1.29 is 17.6 Å². The Morgan fingerprint density at radius 3 is 2.80 bits per heavy atom. The predicted molar refractivity (Wildman–Crippen MR) is 85.7 cm³/mol. The van der Waals surface area contributed by atoms with Gasteiger partial charge >= 0.3 is 6.18 Å². The van der Waals surface area contributed by atoms with Crippen LogP contribution in [0.3, 0.4) is 0 Å². The summed E-state index contributed by atoms with van der Waals surface area (Å²) in [7, 11) is 0. The van der Waals surface area contributed by atoms with E-state index in [0.717, 1.165) is 30.8 Å². The predicted octanol–water partition coefficient (Wildman–Crippen LogP) is 3.97. The molecule has 134 valence electrons. The van der Waals surface area contributed by atoms with Crippen LogP contribution < -0.4 is 5.32 Å². The lowest BCUT2D eigenvalue weighted by Gasteiger charge is -2.17. The molecule has 1 aromatic carbocycles. The zero-order valence-electron chi connectivity index (χ0n) is 13.0. The van der Waals surface area contributed by atoms with Crippen molar-refractivity contribution in [2.24, 2.45) is 0 Å². The van der Waals surface area contributed by atoms with Crippen LogP contribution in [0.25, 0.3) is 0 Å². The number of halogens is 5. The van der Waals surface area contributed by atoms with Crippen molar-refractivity contribution in [1.82, 2.24) is 14.9 Å². The number of anilines is 1. The van der Waals surface area contributed by atoms with Crippen LogP contribution >= 0.6 is 11.6 Å². The molecule has 9 heteroatoms. The van der Waals surface area contributed by atoms with Gasteiger partial charge < -0.3 is 5.32 Å². The van der Waals surface area contributed by atoms with Gasteiger partial charge in [0.25, 0.3) is 0 Å². The maximum absolute atomic E-state index is 13.5. The van der Waals surface area contributed by atoms with Crippen molar-refractivity contribution >= 4 is 17.5 Å². The van der Waals surface area contributed by atoms with Gasteiger partial charge in [0.2, 0.25) is 5.95 Å². The van der Waals surface area contributed by atoms with Crippen LogP contribution in [0.5, 0.6) is 0 Å². The Bertz CT molecular complexity index is 753. The van der Waals surface area contributed by atoms with Crippen LogP contribution in [0.1, 0.15) is 17.7 Å². The molecule has 3 rings (SSSR count). The Balaban J connectivity index is 1.59. The average molecular weight is 375 g/mol. The number of likely N-dealkylation sites (tertiary alicyclic amines) is 1. The van der Waals surface area contributed by atoms with E-state index >= 15 is 0 Å². The van der Waals surface area contributed by atoms with Crippen LogP contribution in [-0.2, 0) is 12.7 Å². The Labute approximate surface area is 146 Å². The van der Waals surface area contributed by atoms with Crippen LogP contribution in [0.2, 0.25) is 5.02 Å². The number of rotatable bonds is 4. The van der Waals surface area contributed by atoms with Crippen LogP contribution in [0.4, 0.5) is 23.5 Å². The Morgan fingerprint density at radius 2 is 2.08 bits per heavy atom. The normalized spacial score (nSPS) is 18.5. The van der Waals surface area contributed by atoms with E-state index in [4.69, 9.17) is 11.6 Å². The fraction of sp³-hybridized carbons (Fsp3) is 0.375. The fourth-order valence-corrected chi connectivity index (χ4v) is 2.88. The summed E-state index contributed by atoms with van der Waals surface area (Å²) >= 11 is 5.66. The lowest BCUT2D eigenvalue weighted by molar-refractivity contribution is -0.141. The number of alkyl halides is 3. The molecule has 0 bridgehead atoms. The molecule has 1 N–H and O–H groups in total. The number of hydrogen-bond donors (Lipinski definition) is 1. The topological polar surface area (TPSA) is 41.0 Å². The summed E-state index contributed by atoms with van der Waals surface area (Å²) in [6, 6.07) is 5.41. The number of nitrogens with zero attached hydrogens (tertiary/aromatic N) is 3. The molecule has 0 saturated carbocycles. The van der Waals surface area contributed by atoms with Gasteiger partial charge in [-0.3, -0.25) is 4.90 Å². The minimum atomic E-state index is -4.50. The summed E-state index contributed by atoms with van der Waals surface area (Å²) in [5.74, 6) is -0.510. The quantitative estimate of drug-likeness (QED) is 0.822. The number of nitrogens with one attached hydrogen (secondary N) is 1. The van der Waals surface area contributed by atoms with Gasteiger partial charge in [0.15, 0.2) is 0 Å². The second kappa shape index (κ2) is 7.13. The van der Waals surface area contributed by atoms with Crippen LogP contribution in [0.15, 0.2) is 30.5 Å². The molecule has 1 aliphatic rings. The van der Waals surface area contributed by atoms with Gasteiger partial charge in [-0.25, -0.2) is 14.4 Å². The van der Waals surface area contributed by atoms with Crippen molar-refractivity contribution in [3.63, 3.8) is 0 Å². The van der Waals surface area contributed by atoms with Gasteiger partial charge in [-0.05, 0) is 30.2 Å². The molecule has 0 radical (unpaired) electrons. The van der Waals surface area contributed by atoms with Gasteiger partial charge in [0.1, 0.15) is 11.5 Å². The maximum Gasteiger partial charge on any atom is 0.433 e. The third-order valence-electron chi connectivity index (χ3n) is 3.94. The van der Waals surface area contributed by atoms with Crippen molar-refractivity contribution in [1.29, 1.82) is 0 Å². The van der Waals surface area contributed by atoms with Gasteiger partial charge in [-0.1, -0.05) is 17.7 Å². The van der Waals surface area contributed by atoms with Gasteiger partial charge in [-0.2, -0.15) is 13.2 Å². The first-order valence-electron chi connectivity index (χ1n) is 7.64. The summed E-state index contributed by atoms with van der Waals surface area (Å²) in [5.41, 5.74) is -0.186. The summed E-state index contributed by atoms with van der Waals surface area (Å²) < 4.78 is 51.5. The van der Waals surface area contributed by atoms with Crippen molar-refractivity contribution in [3.05, 3.63) is 52.6 Å². The second-order valence-electron chi connectivity index (χ2n) is 5.88. The monoisotopic (exact) mass is 374 g/mol. The summed E-state index contributed by atoms with van der Waals surface area (Å²) in [5, 5.41) is 3.01. The largest absolute Gasteiger partial charge is 0.433 e. The fourth-order valence-electron chi connectivity index (χ4n) is 2.76. The second-order valence-corrected chi connectivity index (χ2v) is 6.28. The van der Waals surface area contributed by atoms with Crippen molar-refractivity contribution in [2.75, 3.05) is 18.4 Å². The van der Waals surface area contributed by atoms with E-state index in [9.17, 15) is 17.6 Å². The smallest absolute Gasteiger partial charge is 0.350 e. The number of aromatic nitrogens is 2. The molecule has 2 heterocycles. The Morgan fingerprint density at radius 1 is 1.28 bits per heavy atom. The molecule has 0 amide bonds. The highest BCUT2D eigenvalue weighted by molar-refractivity contribution is 6.30. The molecule has 1 aromatic heterocycles. The first-order valence-corrected chi connectivity index (χ1v) is 8.02. The first kappa shape index (κ1) is 17.9. The average Bonchev–Trinajstić information content (AvgIpc) is 2.97. The SMILES string of the molecule is Fc1cc(CN2CCC(Nc3nccc(C(F)(F)F)n3)C2)ccc1Cl. The summed E-state index contributed by atoms with van der Waals surface area (Å²) in [6.07, 6.45) is -2.68. The third kappa shape index (κ3) is 4.58. The van der Waals surface area contributed by atoms with Crippen LogP contribution in [-0.4, -0.2) is 34.0 Å². The highest BCUT2D eigenvalue weighted by Crippen LogP contribution is 2.28. The summed E-state index contributed by atoms with van der Waals surface area (Å²) in [6.45, 7) is 1.88. The zero-order chi connectivity index (χ0) is 18.0. The molecule has 1 fully saturated rings. The van der Waals surface area contributed by atoms with Crippen molar-refractivity contribution in [3.8, 4) is 0 Å². The molecular formula is C16H15ClF4N4. The van der Waals surface area contributed by atoms with E-state index in [1.54, 1.807) is 6.07 Å². The van der Waals surface area contributed by atoms with E-state index in [0.29, 0.717) is 13.1 Å². The van der Waals surface area contributed by atoms with Crippen LogP contribution in [0, 0.1) is 5.82 Å². The van der Waals surface area contributed by atoms with Gasteiger partial charge in [-0.15, -0.1) is 0 Å². The number of hydrogen-bond acceptors (Lipinski definition) is 4. The molecule has 1 unspecified atom stereocenters. The van der Waals surface area contributed by atoms with E-state index in [2.05, 4.69) is 20.2 Å². The molecular weight excluding hydrogens is 360 g/mol. The molecule has 0 aliphatic carbocycles. The minimum absolute atomic E-state index is 0.0424. The molecule has 2 aromatic rings. The first-order chi connectivity index (χ1) is 11.8. The third-order valence-corrected chi connectivity index (χ3v) is 4.25. The lowest BCUT2D eigenvalue weighted by Crippen LogP contribution is -2.27. The van der Waals surface area contributed by atoms with E-state index in [1.807, 2.05) is 0 Å². The molecule has 25 heavy (non-hydrogen) atoms. The molecule has 1 saturated heterocycles. The minimum Gasteiger partial charge on any atom is -0.350 e. The Kier molecular flexibility index (Phi) is 5.10. The molecule has 4 nitrogen and oxygen atoms in total. The summed E-state index contributed by atoms with van der Waals surface area (Å²) in [4.78, 5) is 9.43. The number of benzene rings is 1. The standard InChI is InChI=1S/C16H15ClF4N4/c17-12-2-1-10(7-13(12)18)8-25-6-4-11(9-25)23-15-22-5-3-14(24-15)16(19,20)21/h1-3,5,7,11H,4,6,8-9H2,(H,22,23,24). The maximum atomic E-state index is 13.5. The van der Waals surface area contributed by atoms with Crippen molar-refractivity contribution in [2.45, 2.75) is 25.2 Å². The zero-order valence-corrected chi connectivity index (χ0v) is 13.8. The Hall–Kier alpha value is -1.93. The van der Waals surface area contributed by atoms with E-state index in [1.165, 1.54) is 12.1 Å². The molecule has 0 spiro atoms. The molecule has 1 atom stereocenters. The van der Waals surface area contributed by atoms with E-state index < -0.39 is 17.7 Å². The highest BCUT2D eigenvalue weighted by atomic mass is 35.5. The van der Waals surface area contributed by atoms with Gasteiger partial charge in [0.05, 0.1) is 5.02 Å². The van der Waals surface area contributed by atoms with E-state index in [-0.39, 0.29) is 17.0 Å². The highest BCUT2D eigenvalue weighted by Gasteiger charge is 2.33. The molecule has 1 aliphatic heterocycles.